The molecule has 5 nitrogen and oxygen atoms in total. The number of nitrogens with one attached hydrogen (secondary N) is 1. The molecule has 0 aliphatic rings. The molecule has 0 saturated heterocycles. The summed E-state index contributed by atoms with van der Waals surface area (Å²) in [6.07, 6.45) is 1.74. The molecule has 1 heterocycles. The Kier molecular flexibility index (Phi) is 8.08. The second-order valence-electron chi connectivity index (χ2n) is 4.46. The third-order valence-electron chi connectivity index (χ3n) is 2.71. The van der Waals surface area contributed by atoms with E-state index in [-0.39, 0.29) is 12.3 Å². The third-order valence-corrected chi connectivity index (χ3v) is 3.89. The first-order valence-electron chi connectivity index (χ1n) is 6.63. The number of carboxylic acid groups (broad SMARTS) is 1. The molecule has 2 aromatic rings. The van der Waals surface area contributed by atoms with Gasteiger partial charge in [0.25, 0.3) is 0 Å². The predicted octanol–water partition coefficient (Wildman–Crippen LogP) is 3.14. The number of rotatable bonds is 5. The molecule has 2 rings (SSSR count). The van der Waals surface area contributed by atoms with Crippen LogP contribution in [0.3, 0.4) is 0 Å². The largest absolute Gasteiger partial charge is 0.480 e. The maximum Gasteiger partial charge on any atom is 0.325 e. The summed E-state index contributed by atoms with van der Waals surface area (Å²) in [5.41, 5.74) is 1.49. The molecule has 1 amide bonds. The monoisotopic (exact) mass is 372 g/mol. The third kappa shape index (κ3) is 6.21. The van der Waals surface area contributed by atoms with Crippen LogP contribution in [0.1, 0.15) is 12.6 Å². The molecule has 2 N–H and O–H groups in total. The minimum absolute atomic E-state index is 0.0503. The van der Waals surface area contributed by atoms with Gasteiger partial charge in [-0.05, 0) is 25.3 Å². The molecule has 0 bridgehead atoms. The number of aromatic nitrogens is 1. The number of carbonyl (C=O) groups excluding carboxylic acids is 1. The summed E-state index contributed by atoms with van der Waals surface area (Å²) in [5.74, 6) is -1.44. The molecule has 0 aliphatic heterocycles. The fourth-order valence-electron chi connectivity index (χ4n) is 1.66. The van der Waals surface area contributed by atoms with Crippen molar-refractivity contribution in [3.05, 3.63) is 40.4 Å². The maximum absolute atomic E-state index is 11.7. The van der Waals surface area contributed by atoms with Crippen LogP contribution in [0, 0.1) is 0 Å². The van der Waals surface area contributed by atoms with Crippen LogP contribution >= 0.6 is 35.6 Å². The molecule has 0 radical (unpaired) electrons. The van der Waals surface area contributed by atoms with Crippen LogP contribution in [0.5, 0.6) is 0 Å². The first-order valence-corrected chi connectivity index (χ1v) is 8.78. The van der Waals surface area contributed by atoms with Gasteiger partial charge < -0.3 is 10.4 Å². The Labute approximate surface area is 149 Å². The quantitative estimate of drug-likeness (QED) is 0.704. The van der Waals surface area contributed by atoms with Crippen molar-refractivity contribution in [1.82, 2.24) is 10.3 Å². The van der Waals surface area contributed by atoms with Gasteiger partial charge in [0.1, 0.15) is 11.0 Å². The topological polar surface area (TPSA) is 79.3 Å². The standard InChI is InChI=1S/C14H13ClN2O3S.CH4S/c1-8(14(19)20)16-12(18)6-11-7-21-13(17-11)9-3-2-4-10(15)5-9;1-2/h2-5,7-8H,6H2,1H3,(H,16,18)(H,19,20);2H,1H3/t8-;/m0./s1. The molecular weight excluding hydrogens is 356 g/mol. The van der Waals surface area contributed by atoms with Crippen molar-refractivity contribution in [2.24, 2.45) is 0 Å². The van der Waals surface area contributed by atoms with E-state index in [1.165, 1.54) is 18.3 Å². The van der Waals surface area contributed by atoms with Gasteiger partial charge in [0.2, 0.25) is 5.91 Å². The van der Waals surface area contributed by atoms with Gasteiger partial charge in [0, 0.05) is 16.0 Å². The number of amides is 1. The number of carboxylic acids is 1. The van der Waals surface area contributed by atoms with Crippen molar-refractivity contribution in [3.8, 4) is 10.6 Å². The Morgan fingerprint density at radius 1 is 1.43 bits per heavy atom. The Morgan fingerprint density at radius 2 is 2.13 bits per heavy atom. The Balaban J connectivity index is 0.00000127. The average molecular weight is 373 g/mol. The number of halogens is 1. The number of benzene rings is 1. The number of thiol groups is 1. The van der Waals surface area contributed by atoms with Gasteiger partial charge in [-0.3, -0.25) is 9.59 Å². The lowest BCUT2D eigenvalue weighted by atomic mass is 10.2. The van der Waals surface area contributed by atoms with Crippen molar-refractivity contribution >= 4 is 47.4 Å². The molecule has 8 heteroatoms. The van der Waals surface area contributed by atoms with Crippen LogP contribution < -0.4 is 5.32 Å². The van der Waals surface area contributed by atoms with Gasteiger partial charge in [-0.25, -0.2) is 4.98 Å². The van der Waals surface area contributed by atoms with Gasteiger partial charge in [0.15, 0.2) is 0 Å². The molecule has 0 unspecified atom stereocenters. The van der Waals surface area contributed by atoms with Gasteiger partial charge in [-0.2, -0.15) is 12.6 Å². The summed E-state index contributed by atoms with van der Waals surface area (Å²) in [5, 5.41) is 14.3. The molecule has 0 aliphatic carbocycles. The van der Waals surface area contributed by atoms with E-state index in [4.69, 9.17) is 16.7 Å². The van der Waals surface area contributed by atoms with E-state index in [1.54, 1.807) is 23.8 Å². The van der Waals surface area contributed by atoms with Crippen molar-refractivity contribution in [2.45, 2.75) is 19.4 Å². The van der Waals surface area contributed by atoms with E-state index in [1.807, 2.05) is 12.1 Å². The number of hydrogen-bond acceptors (Lipinski definition) is 5. The highest BCUT2D eigenvalue weighted by Crippen LogP contribution is 2.26. The highest BCUT2D eigenvalue weighted by atomic mass is 35.5. The summed E-state index contributed by atoms with van der Waals surface area (Å²) in [6.45, 7) is 1.42. The van der Waals surface area contributed by atoms with Gasteiger partial charge >= 0.3 is 5.97 Å². The molecule has 0 fully saturated rings. The van der Waals surface area contributed by atoms with Gasteiger partial charge in [0.05, 0.1) is 12.1 Å². The number of nitrogens with zero attached hydrogens (tertiary/aromatic N) is 1. The summed E-state index contributed by atoms with van der Waals surface area (Å²) >= 11 is 10.9. The molecule has 1 aromatic carbocycles. The van der Waals surface area contributed by atoms with Crippen LogP contribution in [0.15, 0.2) is 29.6 Å². The number of aliphatic carboxylic acids is 1. The first kappa shape index (κ1) is 19.5. The lowest BCUT2D eigenvalue weighted by Crippen LogP contribution is -2.39. The van der Waals surface area contributed by atoms with E-state index in [9.17, 15) is 9.59 Å². The zero-order valence-electron chi connectivity index (χ0n) is 12.6. The molecular formula is C15H17ClN2O3S2. The summed E-state index contributed by atoms with van der Waals surface area (Å²) in [7, 11) is 0. The lowest BCUT2D eigenvalue weighted by Gasteiger charge is -2.07. The zero-order valence-corrected chi connectivity index (χ0v) is 15.1. The van der Waals surface area contributed by atoms with Crippen LogP contribution in [-0.2, 0) is 16.0 Å². The van der Waals surface area contributed by atoms with Crippen LogP contribution in [0.25, 0.3) is 10.6 Å². The normalized spacial score (nSPS) is 11.1. The second-order valence-corrected chi connectivity index (χ2v) is 5.75. The summed E-state index contributed by atoms with van der Waals surface area (Å²) in [4.78, 5) is 26.7. The van der Waals surface area contributed by atoms with Crippen molar-refractivity contribution in [1.29, 1.82) is 0 Å². The molecule has 1 atom stereocenters. The summed E-state index contributed by atoms with van der Waals surface area (Å²) < 4.78 is 0. The van der Waals surface area contributed by atoms with Crippen molar-refractivity contribution in [2.75, 3.05) is 6.26 Å². The Bertz CT molecular complexity index is 676. The lowest BCUT2D eigenvalue weighted by molar-refractivity contribution is -0.141. The summed E-state index contributed by atoms with van der Waals surface area (Å²) in [6, 6.07) is 6.39. The molecule has 0 spiro atoms. The van der Waals surface area contributed by atoms with Crippen LogP contribution in [0.4, 0.5) is 0 Å². The van der Waals surface area contributed by atoms with Crippen LogP contribution in [0.2, 0.25) is 5.02 Å². The highest BCUT2D eigenvalue weighted by Gasteiger charge is 2.15. The van der Waals surface area contributed by atoms with Crippen molar-refractivity contribution in [3.63, 3.8) is 0 Å². The van der Waals surface area contributed by atoms with E-state index in [0.717, 1.165) is 10.6 Å². The molecule has 1 aromatic heterocycles. The smallest absolute Gasteiger partial charge is 0.325 e. The maximum atomic E-state index is 11.7. The zero-order chi connectivity index (χ0) is 17.4. The fraction of sp³-hybridized carbons (Fsp3) is 0.267. The Hall–Kier alpha value is -1.57. The van der Waals surface area contributed by atoms with Gasteiger partial charge in [-0.1, -0.05) is 23.7 Å². The van der Waals surface area contributed by atoms with Gasteiger partial charge in [-0.15, -0.1) is 11.3 Å². The molecule has 23 heavy (non-hydrogen) atoms. The number of carbonyl (C=O) groups is 2. The van der Waals surface area contributed by atoms with E-state index >= 15 is 0 Å². The fourth-order valence-corrected chi connectivity index (χ4v) is 2.67. The van der Waals surface area contributed by atoms with Crippen molar-refractivity contribution < 1.29 is 14.7 Å². The number of hydrogen-bond donors (Lipinski definition) is 3. The average Bonchev–Trinajstić information content (AvgIpc) is 2.97. The van der Waals surface area contributed by atoms with E-state index in [2.05, 4.69) is 22.9 Å². The SMILES string of the molecule is CS.C[C@H](NC(=O)Cc1csc(-c2cccc(Cl)c2)n1)C(=O)O. The minimum Gasteiger partial charge on any atom is -0.480 e. The minimum atomic E-state index is -1.07. The van der Waals surface area contributed by atoms with E-state index < -0.39 is 12.0 Å². The Morgan fingerprint density at radius 3 is 2.74 bits per heavy atom. The van der Waals surface area contributed by atoms with E-state index in [0.29, 0.717) is 10.7 Å². The van der Waals surface area contributed by atoms with Crippen LogP contribution in [-0.4, -0.2) is 34.3 Å². The number of thiazole rings is 1. The molecule has 124 valence electrons. The first-order chi connectivity index (χ1) is 11.0. The predicted molar refractivity (Wildman–Crippen MR) is 96.4 cm³/mol. The second kappa shape index (κ2) is 9.54. The highest BCUT2D eigenvalue weighted by molar-refractivity contribution is 7.79. The molecule has 0 saturated carbocycles.